The highest BCUT2D eigenvalue weighted by Crippen LogP contribution is 2.18. The largest absolute Gasteiger partial charge is 0.469 e. The molecule has 0 saturated carbocycles. The van der Waals surface area contributed by atoms with Gasteiger partial charge < -0.3 is 10.1 Å². The van der Waals surface area contributed by atoms with Crippen molar-refractivity contribution in [2.24, 2.45) is 0 Å². The summed E-state index contributed by atoms with van der Waals surface area (Å²) in [6.45, 7) is 8.13. The minimum atomic E-state index is -0.162. The van der Waals surface area contributed by atoms with Crippen LogP contribution in [-0.4, -0.2) is 26.2 Å². The zero-order valence-electron chi connectivity index (χ0n) is 12.5. The van der Waals surface area contributed by atoms with Crippen LogP contribution in [0.25, 0.3) is 0 Å². The molecule has 0 aromatic heterocycles. The maximum atomic E-state index is 11.0. The number of esters is 1. The number of hydrogen-bond acceptors (Lipinski definition) is 3. The molecule has 3 nitrogen and oxygen atoms in total. The van der Waals surface area contributed by atoms with Crippen LogP contribution in [0.1, 0.15) is 42.9 Å². The van der Waals surface area contributed by atoms with Gasteiger partial charge in [-0.2, -0.15) is 0 Å². The van der Waals surface area contributed by atoms with Crippen LogP contribution in [0.3, 0.4) is 0 Å². The van der Waals surface area contributed by atoms with Crippen molar-refractivity contribution in [1.29, 1.82) is 0 Å². The van der Waals surface area contributed by atoms with Gasteiger partial charge in [-0.1, -0.05) is 32.0 Å². The maximum absolute atomic E-state index is 11.0. The summed E-state index contributed by atoms with van der Waals surface area (Å²) in [6.07, 6.45) is 1.43. The molecule has 1 aromatic rings. The number of hydrogen-bond donors (Lipinski definition) is 1. The molecule has 106 valence electrons. The van der Waals surface area contributed by atoms with Gasteiger partial charge in [0, 0.05) is 6.54 Å². The van der Waals surface area contributed by atoms with Gasteiger partial charge in [-0.3, -0.25) is 4.79 Å². The average Bonchev–Trinajstić information content (AvgIpc) is 2.39. The highest BCUT2D eigenvalue weighted by atomic mass is 16.5. The summed E-state index contributed by atoms with van der Waals surface area (Å²) in [5.41, 5.74) is 4.10. The zero-order chi connectivity index (χ0) is 14.3. The number of nitrogens with one attached hydrogen (secondary N) is 1. The standard InChI is InChI=1S/C16H25NO2/c1-12(2)14-6-5-13(3)15(11-14)7-9-17-10-8-16(18)19-4/h5-6,11-12,17H,7-10H2,1-4H3. The van der Waals surface area contributed by atoms with Gasteiger partial charge in [-0.25, -0.2) is 0 Å². The van der Waals surface area contributed by atoms with E-state index in [4.69, 9.17) is 0 Å². The monoisotopic (exact) mass is 263 g/mol. The Balaban J connectivity index is 2.40. The zero-order valence-corrected chi connectivity index (χ0v) is 12.5. The van der Waals surface area contributed by atoms with E-state index >= 15 is 0 Å². The highest BCUT2D eigenvalue weighted by Gasteiger charge is 2.04. The van der Waals surface area contributed by atoms with Crippen molar-refractivity contribution < 1.29 is 9.53 Å². The number of methoxy groups -OCH3 is 1. The third-order valence-corrected chi connectivity index (χ3v) is 3.34. The van der Waals surface area contributed by atoms with Gasteiger partial charge in [-0.15, -0.1) is 0 Å². The molecule has 0 amide bonds. The lowest BCUT2D eigenvalue weighted by Gasteiger charge is -2.11. The van der Waals surface area contributed by atoms with E-state index in [0.717, 1.165) is 13.0 Å². The Hall–Kier alpha value is -1.35. The van der Waals surface area contributed by atoms with Crippen LogP contribution in [0.4, 0.5) is 0 Å². The molecular formula is C16H25NO2. The van der Waals surface area contributed by atoms with Crippen LogP contribution >= 0.6 is 0 Å². The maximum Gasteiger partial charge on any atom is 0.306 e. The normalized spacial score (nSPS) is 10.8. The van der Waals surface area contributed by atoms with Crippen molar-refractivity contribution in [2.75, 3.05) is 20.2 Å². The Morgan fingerprint density at radius 1 is 1.32 bits per heavy atom. The fourth-order valence-corrected chi connectivity index (χ4v) is 1.96. The molecule has 0 bridgehead atoms. The topological polar surface area (TPSA) is 38.3 Å². The molecule has 0 aliphatic heterocycles. The second kappa shape index (κ2) is 7.95. The fraction of sp³-hybridized carbons (Fsp3) is 0.562. The van der Waals surface area contributed by atoms with Gasteiger partial charge in [0.15, 0.2) is 0 Å². The molecule has 3 heteroatoms. The molecule has 0 heterocycles. The molecule has 0 unspecified atom stereocenters. The molecule has 1 aromatic carbocycles. The van der Waals surface area contributed by atoms with Gasteiger partial charge in [-0.05, 0) is 42.5 Å². The number of carbonyl (C=O) groups excluding carboxylic acids is 1. The van der Waals surface area contributed by atoms with Gasteiger partial charge in [0.05, 0.1) is 13.5 Å². The van der Waals surface area contributed by atoms with Crippen molar-refractivity contribution in [3.05, 3.63) is 34.9 Å². The minimum Gasteiger partial charge on any atom is -0.469 e. The van der Waals surface area contributed by atoms with Gasteiger partial charge in [0.2, 0.25) is 0 Å². The summed E-state index contributed by atoms with van der Waals surface area (Å²) >= 11 is 0. The lowest BCUT2D eigenvalue weighted by molar-refractivity contribution is -0.140. The first-order valence-corrected chi connectivity index (χ1v) is 6.91. The first kappa shape index (κ1) is 15.7. The molecule has 0 aliphatic carbocycles. The van der Waals surface area contributed by atoms with Gasteiger partial charge in [0.25, 0.3) is 0 Å². The molecule has 0 spiro atoms. The van der Waals surface area contributed by atoms with E-state index in [1.54, 1.807) is 0 Å². The molecule has 0 saturated heterocycles. The van der Waals surface area contributed by atoms with E-state index < -0.39 is 0 Å². The highest BCUT2D eigenvalue weighted by molar-refractivity contribution is 5.69. The summed E-state index contributed by atoms with van der Waals surface area (Å²) in [4.78, 5) is 11.0. The molecule has 1 rings (SSSR count). The number of aryl methyl sites for hydroxylation is 1. The second-order valence-corrected chi connectivity index (χ2v) is 5.17. The van der Waals surface area contributed by atoms with Crippen LogP contribution in [0.2, 0.25) is 0 Å². The summed E-state index contributed by atoms with van der Waals surface area (Å²) in [5, 5.41) is 3.27. The van der Waals surface area contributed by atoms with E-state index in [1.807, 2.05) is 0 Å². The van der Waals surface area contributed by atoms with Crippen molar-refractivity contribution >= 4 is 5.97 Å². The number of carbonyl (C=O) groups is 1. The Morgan fingerprint density at radius 3 is 2.68 bits per heavy atom. The van der Waals surface area contributed by atoms with E-state index in [0.29, 0.717) is 18.9 Å². The number of ether oxygens (including phenoxy) is 1. The fourth-order valence-electron chi connectivity index (χ4n) is 1.96. The summed E-state index contributed by atoms with van der Waals surface area (Å²) in [5.74, 6) is 0.400. The predicted molar refractivity (Wildman–Crippen MR) is 78.5 cm³/mol. The van der Waals surface area contributed by atoms with Crippen LogP contribution in [0, 0.1) is 6.92 Å². The first-order valence-electron chi connectivity index (χ1n) is 6.91. The average molecular weight is 263 g/mol. The SMILES string of the molecule is COC(=O)CCNCCc1cc(C(C)C)ccc1C. The van der Waals surface area contributed by atoms with Crippen molar-refractivity contribution in [3.63, 3.8) is 0 Å². The molecule has 19 heavy (non-hydrogen) atoms. The molecule has 0 aliphatic rings. The van der Waals surface area contributed by atoms with Crippen LogP contribution in [-0.2, 0) is 16.0 Å². The molecule has 0 atom stereocenters. The van der Waals surface area contributed by atoms with Crippen molar-refractivity contribution in [1.82, 2.24) is 5.32 Å². The lowest BCUT2D eigenvalue weighted by atomic mass is 9.96. The quantitative estimate of drug-likeness (QED) is 0.607. The van der Waals surface area contributed by atoms with E-state index in [9.17, 15) is 4.79 Å². The van der Waals surface area contributed by atoms with Crippen molar-refractivity contribution in [2.45, 2.75) is 39.5 Å². The van der Waals surface area contributed by atoms with Crippen LogP contribution in [0.5, 0.6) is 0 Å². The van der Waals surface area contributed by atoms with Crippen molar-refractivity contribution in [3.8, 4) is 0 Å². The molecule has 1 N–H and O–H groups in total. The van der Waals surface area contributed by atoms with Gasteiger partial charge >= 0.3 is 5.97 Å². The third-order valence-electron chi connectivity index (χ3n) is 3.34. The summed E-state index contributed by atoms with van der Waals surface area (Å²) < 4.78 is 4.60. The van der Waals surface area contributed by atoms with Crippen LogP contribution in [0.15, 0.2) is 18.2 Å². The van der Waals surface area contributed by atoms with E-state index in [-0.39, 0.29) is 5.97 Å². The Labute approximate surface area is 116 Å². The smallest absolute Gasteiger partial charge is 0.306 e. The Morgan fingerprint density at radius 2 is 2.05 bits per heavy atom. The van der Waals surface area contributed by atoms with Gasteiger partial charge in [0.1, 0.15) is 0 Å². The molecule has 0 radical (unpaired) electrons. The Kier molecular flexibility index (Phi) is 6.57. The number of rotatable bonds is 7. The summed E-state index contributed by atoms with van der Waals surface area (Å²) in [6, 6.07) is 6.69. The first-order chi connectivity index (χ1) is 9.04. The number of benzene rings is 1. The molecule has 0 fully saturated rings. The summed E-state index contributed by atoms with van der Waals surface area (Å²) in [7, 11) is 1.42. The minimum absolute atomic E-state index is 0.162. The Bertz CT molecular complexity index is 413. The second-order valence-electron chi connectivity index (χ2n) is 5.17. The van der Waals surface area contributed by atoms with E-state index in [1.165, 1.54) is 23.8 Å². The van der Waals surface area contributed by atoms with E-state index in [2.05, 4.69) is 49.0 Å². The predicted octanol–water partition coefficient (Wildman–Crippen LogP) is 2.81. The lowest BCUT2D eigenvalue weighted by Crippen LogP contribution is -2.21. The molecular weight excluding hydrogens is 238 g/mol. The third kappa shape index (κ3) is 5.43. The van der Waals surface area contributed by atoms with Crippen LogP contribution < -0.4 is 5.32 Å².